The molecular formula is C11H14N4S. The molecule has 84 valence electrons. The number of rotatable bonds is 6. The van der Waals surface area contributed by atoms with Crippen molar-refractivity contribution in [2.75, 3.05) is 6.54 Å². The second-order valence-electron chi connectivity index (χ2n) is 3.28. The number of hydrogen-bond donors (Lipinski definition) is 2. The molecular weight excluding hydrogens is 220 g/mol. The molecule has 0 fully saturated rings. The Morgan fingerprint density at radius 2 is 2.12 bits per heavy atom. The summed E-state index contributed by atoms with van der Waals surface area (Å²) in [6, 6.07) is 5.90. The highest BCUT2D eigenvalue weighted by Gasteiger charge is 1.95. The Morgan fingerprint density at radius 3 is 2.88 bits per heavy atom. The Bertz CT molecular complexity index is 388. The molecule has 0 atom stereocenters. The van der Waals surface area contributed by atoms with E-state index in [0.717, 1.165) is 30.2 Å². The standard InChI is InChI=1S/C11H14N4S/c1-2-5-12-10(3-1)9-15-14-6-4-11-13-7-8-16-11/h1-3,5,7-8,14-15H,4,6,9H2. The van der Waals surface area contributed by atoms with Crippen molar-refractivity contribution in [3.8, 4) is 0 Å². The van der Waals surface area contributed by atoms with E-state index in [-0.39, 0.29) is 0 Å². The predicted octanol–water partition coefficient (Wildman–Crippen LogP) is 1.37. The van der Waals surface area contributed by atoms with Gasteiger partial charge >= 0.3 is 0 Å². The SMILES string of the molecule is c1ccc(CNNCCc2nccs2)nc1. The Balaban J connectivity index is 1.59. The van der Waals surface area contributed by atoms with Crippen molar-refractivity contribution in [1.82, 2.24) is 20.8 Å². The van der Waals surface area contributed by atoms with Crippen LogP contribution in [0, 0.1) is 0 Å². The fourth-order valence-corrected chi connectivity index (χ4v) is 1.91. The van der Waals surface area contributed by atoms with Gasteiger partial charge in [0, 0.05) is 30.7 Å². The minimum atomic E-state index is 0.735. The van der Waals surface area contributed by atoms with Crippen molar-refractivity contribution in [2.45, 2.75) is 13.0 Å². The van der Waals surface area contributed by atoms with Gasteiger partial charge in [-0.05, 0) is 12.1 Å². The Labute approximate surface area is 98.7 Å². The van der Waals surface area contributed by atoms with E-state index in [1.54, 1.807) is 17.5 Å². The van der Waals surface area contributed by atoms with Crippen LogP contribution in [-0.2, 0) is 13.0 Å². The Hall–Kier alpha value is -1.30. The number of nitrogens with zero attached hydrogens (tertiary/aromatic N) is 2. The first-order chi connectivity index (χ1) is 7.95. The number of aromatic nitrogens is 2. The topological polar surface area (TPSA) is 49.8 Å². The summed E-state index contributed by atoms with van der Waals surface area (Å²) in [6.07, 6.45) is 4.58. The minimum absolute atomic E-state index is 0.735. The third-order valence-corrected chi connectivity index (χ3v) is 2.91. The fraction of sp³-hybridized carbons (Fsp3) is 0.273. The Morgan fingerprint density at radius 1 is 1.12 bits per heavy atom. The Kier molecular flexibility index (Phi) is 4.42. The van der Waals surface area contributed by atoms with E-state index in [9.17, 15) is 0 Å². The molecule has 0 amide bonds. The molecule has 0 aliphatic heterocycles. The second kappa shape index (κ2) is 6.32. The lowest BCUT2D eigenvalue weighted by molar-refractivity contribution is 0.527. The summed E-state index contributed by atoms with van der Waals surface area (Å²) in [6.45, 7) is 1.61. The van der Waals surface area contributed by atoms with Crippen molar-refractivity contribution >= 4 is 11.3 Å². The molecule has 2 heterocycles. The highest BCUT2D eigenvalue weighted by molar-refractivity contribution is 7.09. The van der Waals surface area contributed by atoms with E-state index in [0.29, 0.717) is 0 Å². The largest absolute Gasteiger partial charge is 0.260 e. The van der Waals surface area contributed by atoms with Crippen LogP contribution in [0.15, 0.2) is 36.0 Å². The highest BCUT2D eigenvalue weighted by atomic mass is 32.1. The molecule has 2 rings (SSSR count). The zero-order chi connectivity index (χ0) is 11.1. The third-order valence-electron chi connectivity index (χ3n) is 2.07. The van der Waals surface area contributed by atoms with Gasteiger partial charge in [0.25, 0.3) is 0 Å². The van der Waals surface area contributed by atoms with Crippen molar-refractivity contribution in [3.05, 3.63) is 46.7 Å². The number of pyridine rings is 1. The average molecular weight is 234 g/mol. The fourth-order valence-electron chi connectivity index (χ4n) is 1.29. The molecule has 5 heteroatoms. The number of hydrazine groups is 1. The van der Waals surface area contributed by atoms with Crippen LogP contribution in [0.5, 0.6) is 0 Å². The summed E-state index contributed by atoms with van der Waals surface area (Å²) in [4.78, 5) is 8.42. The maximum Gasteiger partial charge on any atom is 0.0938 e. The number of hydrogen-bond acceptors (Lipinski definition) is 5. The van der Waals surface area contributed by atoms with Gasteiger partial charge in [-0.2, -0.15) is 0 Å². The van der Waals surface area contributed by atoms with Crippen LogP contribution in [0.4, 0.5) is 0 Å². The number of nitrogens with one attached hydrogen (secondary N) is 2. The maximum atomic E-state index is 4.21. The first-order valence-corrected chi connectivity index (χ1v) is 6.07. The van der Waals surface area contributed by atoms with Crippen LogP contribution in [0.1, 0.15) is 10.7 Å². The van der Waals surface area contributed by atoms with Gasteiger partial charge in [-0.25, -0.2) is 4.98 Å². The van der Waals surface area contributed by atoms with E-state index in [2.05, 4.69) is 20.8 Å². The van der Waals surface area contributed by atoms with E-state index < -0.39 is 0 Å². The number of thiazole rings is 1. The van der Waals surface area contributed by atoms with E-state index in [1.165, 1.54) is 0 Å². The molecule has 0 saturated carbocycles. The normalized spacial score (nSPS) is 10.5. The molecule has 0 aromatic carbocycles. The molecule has 2 N–H and O–H groups in total. The summed E-state index contributed by atoms with van der Waals surface area (Å²) in [5.41, 5.74) is 7.31. The zero-order valence-corrected chi connectivity index (χ0v) is 9.70. The monoisotopic (exact) mass is 234 g/mol. The molecule has 0 aliphatic carbocycles. The van der Waals surface area contributed by atoms with Gasteiger partial charge < -0.3 is 0 Å². The first kappa shape index (κ1) is 11.2. The van der Waals surface area contributed by atoms with Crippen LogP contribution in [0.2, 0.25) is 0 Å². The van der Waals surface area contributed by atoms with Crippen LogP contribution < -0.4 is 10.9 Å². The average Bonchev–Trinajstić information content (AvgIpc) is 2.83. The van der Waals surface area contributed by atoms with Gasteiger partial charge in [-0.1, -0.05) is 6.07 Å². The van der Waals surface area contributed by atoms with Crippen molar-refractivity contribution in [2.24, 2.45) is 0 Å². The summed E-state index contributed by atoms with van der Waals surface area (Å²) in [7, 11) is 0. The molecule has 2 aromatic heterocycles. The van der Waals surface area contributed by atoms with Gasteiger partial charge in [0.15, 0.2) is 0 Å². The lowest BCUT2D eigenvalue weighted by Gasteiger charge is -2.05. The summed E-state index contributed by atoms with van der Waals surface area (Å²) in [5.74, 6) is 0. The summed E-state index contributed by atoms with van der Waals surface area (Å²) >= 11 is 1.69. The quantitative estimate of drug-likeness (QED) is 0.585. The predicted molar refractivity (Wildman–Crippen MR) is 64.9 cm³/mol. The van der Waals surface area contributed by atoms with Crippen molar-refractivity contribution in [1.29, 1.82) is 0 Å². The summed E-state index contributed by atoms with van der Waals surface area (Å²) in [5, 5.41) is 3.16. The first-order valence-electron chi connectivity index (χ1n) is 5.19. The molecule has 0 saturated heterocycles. The molecule has 16 heavy (non-hydrogen) atoms. The lowest BCUT2D eigenvalue weighted by Crippen LogP contribution is -2.33. The third kappa shape index (κ3) is 3.69. The van der Waals surface area contributed by atoms with Gasteiger partial charge in [0.1, 0.15) is 0 Å². The maximum absolute atomic E-state index is 4.21. The molecule has 4 nitrogen and oxygen atoms in total. The van der Waals surface area contributed by atoms with Crippen LogP contribution >= 0.6 is 11.3 Å². The van der Waals surface area contributed by atoms with E-state index >= 15 is 0 Å². The van der Waals surface area contributed by atoms with E-state index in [1.807, 2.05) is 29.8 Å². The molecule has 0 bridgehead atoms. The van der Waals surface area contributed by atoms with E-state index in [4.69, 9.17) is 0 Å². The van der Waals surface area contributed by atoms with Gasteiger partial charge in [-0.15, -0.1) is 11.3 Å². The summed E-state index contributed by atoms with van der Waals surface area (Å²) < 4.78 is 0. The van der Waals surface area contributed by atoms with Gasteiger partial charge in [0.2, 0.25) is 0 Å². The molecule has 0 spiro atoms. The molecule has 0 radical (unpaired) electrons. The lowest BCUT2D eigenvalue weighted by atomic mass is 10.3. The van der Waals surface area contributed by atoms with Crippen LogP contribution in [-0.4, -0.2) is 16.5 Å². The van der Waals surface area contributed by atoms with Gasteiger partial charge in [-0.3, -0.25) is 15.8 Å². The molecule has 0 unspecified atom stereocenters. The smallest absolute Gasteiger partial charge is 0.0938 e. The molecule has 2 aromatic rings. The minimum Gasteiger partial charge on any atom is -0.260 e. The zero-order valence-electron chi connectivity index (χ0n) is 8.89. The highest BCUT2D eigenvalue weighted by Crippen LogP contribution is 2.03. The van der Waals surface area contributed by atoms with Crippen LogP contribution in [0.25, 0.3) is 0 Å². The molecule has 0 aliphatic rings. The van der Waals surface area contributed by atoms with Crippen molar-refractivity contribution in [3.63, 3.8) is 0 Å². The second-order valence-corrected chi connectivity index (χ2v) is 4.26. The van der Waals surface area contributed by atoms with Crippen LogP contribution in [0.3, 0.4) is 0 Å². The van der Waals surface area contributed by atoms with Gasteiger partial charge in [0.05, 0.1) is 17.2 Å². The van der Waals surface area contributed by atoms with Crippen molar-refractivity contribution < 1.29 is 0 Å².